The monoisotopic (exact) mass is 241 g/mol. The minimum absolute atomic E-state index is 0. The van der Waals surface area contributed by atoms with E-state index in [0.717, 1.165) is 0 Å². The fraction of sp³-hybridized carbons (Fsp3) is 0. The summed E-state index contributed by atoms with van der Waals surface area (Å²) in [5, 5.41) is 0. The molecule has 4 heavy (non-hydrogen) atoms. The van der Waals surface area contributed by atoms with E-state index in [1.54, 1.807) is 0 Å². The summed E-state index contributed by atoms with van der Waals surface area (Å²) in [6.07, 6.45) is 0. The summed E-state index contributed by atoms with van der Waals surface area (Å²) in [5.41, 5.74) is 0. The largest absolute Gasteiger partial charge is 0.197 e. The molecule has 0 saturated carbocycles. The zero-order valence-electron chi connectivity index (χ0n) is 1.92. The molecule has 0 saturated heterocycles. The van der Waals surface area contributed by atoms with E-state index in [9.17, 15) is 0 Å². The van der Waals surface area contributed by atoms with Gasteiger partial charge >= 0.3 is 0 Å². The third-order valence-corrected chi connectivity index (χ3v) is 0. The van der Waals surface area contributed by atoms with Crippen LogP contribution in [0.4, 0.5) is 0 Å². The minimum atomic E-state index is 0. The zero-order valence-corrected chi connectivity index (χ0v) is 8.54. The van der Waals surface area contributed by atoms with Gasteiger partial charge in [0.05, 0.1) is 0 Å². The predicted molar refractivity (Wildman–Crippen MR) is 16.1 cm³/mol. The topological polar surface area (TPSA) is 0 Å². The van der Waals surface area contributed by atoms with Crippen LogP contribution in [0.15, 0.2) is 0 Å². The van der Waals surface area contributed by atoms with E-state index in [-0.39, 0.29) is 67.1 Å². The van der Waals surface area contributed by atoms with Crippen molar-refractivity contribution in [3.8, 4) is 0 Å². The molecule has 0 aliphatic carbocycles. The summed E-state index contributed by atoms with van der Waals surface area (Å²) in [4.78, 5) is 0. The molecule has 0 rings (SSSR count). The molecule has 0 amide bonds. The molecule has 0 aliphatic rings. The van der Waals surface area contributed by atoms with E-state index in [2.05, 4.69) is 0 Å². The van der Waals surface area contributed by atoms with Crippen LogP contribution in [-0.2, 0) is 36.5 Å². The SMILES string of the molecule is S.[Cu].[Se].[Zn]. The normalized spacial score (nSPS) is 0. The van der Waals surface area contributed by atoms with Gasteiger partial charge in [-0.1, -0.05) is 0 Å². The Morgan fingerprint density at radius 1 is 1.00 bits per heavy atom. The van der Waals surface area contributed by atoms with Crippen molar-refractivity contribution in [1.82, 2.24) is 0 Å². The maximum absolute atomic E-state index is 0. The summed E-state index contributed by atoms with van der Waals surface area (Å²) in [5.74, 6) is 0. The van der Waals surface area contributed by atoms with Gasteiger partial charge in [-0.15, -0.1) is 0 Å². The van der Waals surface area contributed by atoms with Crippen LogP contribution in [0.1, 0.15) is 0 Å². The second-order valence-electron chi connectivity index (χ2n) is 0. The zero-order chi connectivity index (χ0) is 0. The Morgan fingerprint density at radius 3 is 1.00 bits per heavy atom. The van der Waals surface area contributed by atoms with E-state index in [4.69, 9.17) is 0 Å². The van der Waals surface area contributed by atoms with Crippen molar-refractivity contribution < 1.29 is 36.5 Å². The van der Waals surface area contributed by atoms with Gasteiger partial charge in [-0.05, 0) is 0 Å². The number of hydrogen-bond donors (Lipinski definition) is 0. The van der Waals surface area contributed by atoms with Gasteiger partial charge in [0.1, 0.15) is 0 Å². The average Bonchev–Trinajstić information content (AvgIpc) is 0. The average molecular weight is 242 g/mol. The summed E-state index contributed by atoms with van der Waals surface area (Å²) in [6.45, 7) is 0. The number of rotatable bonds is 0. The fourth-order valence-corrected chi connectivity index (χ4v) is 0. The third-order valence-electron chi connectivity index (χ3n) is 0. The summed E-state index contributed by atoms with van der Waals surface area (Å²) < 4.78 is 0. The van der Waals surface area contributed by atoms with Crippen LogP contribution in [0.5, 0.6) is 0 Å². The molecule has 0 aromatic heterocycles. The first kappa shape index (κ1) is 37.3. The molecular formula is H2CuSSeZn. The van der Waals surface area contributed by atoms with E-state index in [1.165, 1.54) is 0 Å². The second kappa shape index (κ2) is 19.9. The molecule has 0 atom stereocenters. The first-order valence-electron chi connectivity index (χ1n) is 0. The first-order chi connectivity index (χ1) is 0. The van der Waals surface area contributed by atoms with Gasteiger partial charge in [0.25, 0.3) is 0 Å². The Kier molecular flexibility index (Phi) is 186. The molecule has 0 spiro atoms. The van der Waals surface area contributed by atoms with Gasteiger partial charge < -0.3 is 0 Å². The van der Waals surface area contributed by atoms with Crippen LogP contribution in [0.25, 0.3) is 0 Å². The predicted octanol–water partition coefficient (Wildman–Crippen LogP) is -0.273. The minimum Gasteiger partial charge on any atom is -0.197 e. The van der Waals surface area contributed by atoms with Crippen molar-refractivity contribution in [2.45, 2.75) is 0 Å². The molecule has 27 valence electrons. The Labute approximate surface area is 66.6 Å². The molecule has 0 heterocycles. The van der Waals surface area contributed by atoms with Crippen molar-refractivity contribution in [2.24, 2.45) is 0 Å². The van der Waals surface area contributed by atoms with Crippen LogP contribution in [0.2, 0.25) is 0 Å². The van der Waals surface area contributed by atoms with Crippen molar-refractivity contribution in [1.29, 1.82) is 0 Å². The van der Waals surface area contributed by atoms with Crippen LogP contribution < -0.4 is 0 Å². The standard InChI is InChI=1S/Cu.H2S.Se.Zn/h;1H2;;. The van der Waals surface area contributed by atoms with Crippen LogP contribution in [-0.4, -0.2) is 17.1 Å². The number of hydrogen-bond acceptors (Lipinski definition) is 0. The maximum Gasteiger partial charge on any atom is 0 e. The van der Waals surface area contributed by atoms with Crippen LogP contribution in [0.3, 0.4) is 0 Å². The summed E-state index contributed by atoms with van der Waals surface area (Å²) >= 11 is 0. The molecule has 4 heteroatoms. The third kappa shape index (κ3) is 8.99. The Morgan fingerprint density at radius 2 is 1.00 bits per heavy atom. The molecule has 0 nitrogen and oxygen atoms in total. The van der Waals surface area contributed by atoms with Crippen molar-refractivity contribution >= 4 is 30.6 Å². The molecule has 0 aromatic carbocycles. The van der Waals surface area contributed by atoms with Gasteiger partial charge in [-0.2, -0.15) is 13.5 Å². The van der Waals surface area contributed by atoms with E-state index < -0.39 is 0 Å². The van der Waals surface area contributed by atoms with Crippen LogP contribution >= 0.6 is 13.5 Å². The quantitative estimate of drug-likeness (QED) is 0.513. The van der Waals surface area contributed by atoms with E-state index in [0.29, 0.717) is 0 Å². The molecule has 0 aromatic rings. The van der Waals surface area contributed by atoms with Gasteiger partial charge in [0, 0.05) is 53.6 Å². The Hall–Kier alpha value is 2.01. The molecule has 0 N–H and O–H groups in total. The van der Waals surface area contributed by atoms with Crippen molar-refractivity contribution in [3.05, 3.63) is 0 Å². The van der Waals surface area contributed by atoms with E-state index >= 15 is 0 Å². The molecule has 0 unspecified atom stereocenters. The van der Waals surface area contributed by atoms with Crippen molar-refractivity contribution in [2.75, 3.05) is 0 Å². The molecule has 0 bridgehead atoms. The molecule has 0 aliphatic heterocycles. The van der Waals surface area contributed by atoms with Gasteiger partial charge in [0.15, 0.2) is 0 Å². The second-order valence-corrected chi connectivity index (χ2v) is 0. The maximum atomic E-state index is 0. The van der Waals surface area contributed by atoms with Crippen molar-refractivity contribution in [3.63, 3.8) is 0 Å². The fourth-order valence-electron chi connectivity index (χ4n) is 0. The summed E-state index contributed by atoms with van der Waals surface area (Å²) in [6, 6.07) is 0. The van der Waals surface area contributed by atoms with E-state index in [1.807, 2.05) is 0 Å². The van der Waals surface area contributed by atoms with Gasteiger partial charge in [0.2, 0.25) is 0 Å². The first-order valence-corrected chi connectivity index (χ1v) is 0. The molecule has 3 radical (unpaired) electrons. The summed E-state index contributed by atoms with van der Waals surface area (Å²) in [7, 11) is 0. The molecular weight excluding hydrogens is 240 g/mol. The van der Waals surface area contributed by atoms with Crippen LogP contribution in [0, 0.1) is 0 Å². The Balaban J connectivity index is 0. The smallest absolute Gasteiger partial charge is 0 e. The Bertz CT molecular complexity index is 8.00. The van der Waals surface area contributed by atoms with Gasteiger partial charge in [-0.3, -0.25) is 0 Å². The molecule has 0 fully saturated rings. The van der Waals surface area contributed by atoms with Gasteiger partial charge in [-0.25, -0.2) is 0 Å².